The van der Waals surface area contributed by atoms with Gasteiger partial charge in [0.25, 0.3) is 0 Å². The van der Waals surface area contributed by atoms with Gasteiger partial charge in [-0.15, -0.1) is 0 Å². The Labute approximate surface area is 126 Å². The van der Waals surface area contributed by atoms with Crippen molar-refractivity contribution in [2.24, 2.45) is 0 Å². The van der Waals surface area contributed by atoms with E-state index in [4.69, 9.17) is 4.74 Å². The van der Waals surface area contributed by atoms with Gasteiger partial charge < -0.3 is 9.94 Å². The molecule has 0 aliphatic rings. The molecule has 0 bridgehead atoms. The van der Waals surface area contributed by atoms with Crippen molar-refractivity contribution in [1.29, 1.82) is 0 Å². The Bertz CT molecular complexity index is 650. The fraction of sp³-hybridized carbons (Fsp3) is 0.412. The molecule has 0 unspecified atom stereocenters. The Morgan fingerprint density at radius 2 is 1.76 bits per heavy atom. The predicted molar refractivity (Wildman–Crippen MR) is 83.2 cm³/mol. The maximum atomic E-state index is 11.4. The molecule has 0 spiro atoms. The van der Waals surface area contributed by atoms with E-state index >= 15 is 0 Å². The summed E-state index contributed by atoms with van der Waals surface area (Å²) in [5.41, 5.74) is 4.64. The number of aromatic nitrogens is 2. The average molecular weight is 286 g/mol. The van der Waals surface area contributed by atoms with Crippen LogP contribution in [-0.4, -0.2) is 10.7 Å². The van der Waals surface area contributed by atoms with E-state index in [0.717, 1.165) is 33.7 Å². The normalized spacial score (nSPS) is 11.5. The lowest BCUT2D eigenvalue weighted by Crippen LogP contribution is -2.32. The van der Waals surface area contributed by atoms with Crippen molar-refractivity contribution >= 4 is 0 Å². The molecule has 0 fully saturated rings. The molecular formula is C17H22N2O2. The maximum Gasteiger partial charge on any atom is 0.213 e. The second kappa shape index (κ2) is 5.35. The van der Waals surface area contributed by atoms with E-state index in [-0.39, 0.29) is 5.60 Å². The molecule has 1 aromatic heterocycles. The molecule has 0 saturated heterocycles. The van der Waals surface area contributed by atoms with Crippen LogP contribution < -0.4 is 9.58 Å². The zero-order valence-corrected chi connectivity index (χ0v) is 13.5. The summed E-state index contributed by atoms with van der Waals surface area (Å²) < 4.78 is 5.88. The highest BCUT2D eigenvalue weighted by atomic mass is 16.5. The molecule has 1 heterocycles. The molecule has 4 nitrogen and oxygen atoms in total. The maximum absolute atomic E-state index is 11.4. The molecule has 1 aromatic carbocycles. The van der Waals surface area contributed by atoms with Crippen molar-refractivity contribution in [1.82, 2.24) is 5.10 Å². The zero-order chi connectivity index (χ0) is 15.8. The van der Waals surface area contributed by atoms with E-state index in [9.17, 15) is 5.21 Å². The monoisotopic (exact) mass is 286 g/mol. The van der Waals surface area contributed by atoms with Crippen LogP contribution in [0.1, 0.15) is 37.6 Å². The SMILES string of the molecule is Cc1cc(OC(C)(C)C)ccc1-c1c(C)c[n+]([O-])nc1C. The molecule has 0 saturated carbocycles. The predicted octanol–water partition coefficient (Wildman–Crippen LogP) is 3.48. The fourth-order valence-corrected chi connectivity index (χ4v) is 2.48. The lowest BCUT2D eigenvalue weighted by Gasteiger charge is -2.22. The first-order chi connectivity index (χ1) is 9.67. The van der Waals surface area contributed by atoms with Crippen LogP contribution >= 0.6 is 0 Å². The third kappa shape index (κ3) is 3.51. The Morgan fingerprint density at radius 3 is 2.29 bits per heavy atom. The summed E-state index contributed by atoms with van der Waals surface area (Å²) in [5, 5.41) is 15.3. The highest BCUT2D eigenvalue weighted by molar-refractivity contribution is 5.72. The molecule has 112 valence electrons. The highest BCUT2D eigenvalue weighted by Gasteiger charge is 2.16. The second-order valence-corrected chi connectivity index (χ2v) is 6.37. The van der Waals surface area contributed by atoms with Crippen molar-refractivity contribution in [2.45, 2.75) is 47.1 Å². The molecule has 0 radical (unpaired) electrons. The topological polar surface area (TPSA) is 49.1 Å². The Kier molecular flexibility index (Phi) is 3.90. The first-order valence-electron chi connectivity index (χ1n) is 7.05. The minimum atomic E-state index is -0.220. The van der Waals surface area contributed by atoms with Gasteiger partial charge in [-0.05, 0) is 64.8 Å². The van der Waals surface area contributed by atoms with E-state index < -0.39 is 0 Å². The third-order valence-electron chi connectivity index (χ3n) is 3.20. The molecule has 0 N–H and O–H groups in total. The Balaban J connectivity index is 2.47. The lowest BCUT2D eigenvalue weighted by molar-refractivity contribution is -0.670. The summed E-state index contributed by atoms with van der Waals surface area (Å²) in [7, 11) is 0. The van der Waals surface area contributed by atoms with E-state index in [1.54, 1.807) is 0 Å². The van der Waals surface area contributed by atoms with Gasteiger partial charge in [0.2, 0.25) is 6.20 Å². The number of rotatable bonds is 2. The van der Waals surface area contributed by atoms with Crippen molar-refractivity contribution in [3.8, 4) is 16.9 Å². The van der Waals surface area contributed by atoms with Crippen LogP contribution in [-0.2, 0) is 0 Å². The quantitative estimate of drug-likeness (QED) is 0.627. The summed E-state index contributed by atoms with van der Waals surface area (Å²) in [6, 6.07) is 6.02. The number of hydrogen-bond donors (Lipinski definition) is 0. The fourth-order valence-electron chi connectivity index (χ4n) is 2.48. The van der Waals surface area contributed by atoms with Crippen LogP contribution in [0.5, 0.6) is 5.75 Å². The summed E-state index contributed by atoms with van der Waals surface area (Å²) in [6.45, 7) is 11.9. The lowest BCUT2D eigenvalue weighted by atomic mass is 9.96. The number of benzene rings is 1. The van der Waals surface area contributed by atoms with Crippen LogP contribution in [0.15, 0.2) is 24.4 Å². The van der Waals surface area contributed by atoms with Gasteiger partial charge in [0.1, 0.15) is 17.0 Å². The van der Waals surface area contributed by atoms with Crippen LogP contribution in [0.3, 0.4) is 0 Å². The molecule has 21 heavy (non-hydrogen) atoms. The molecule has 2 rings (SSSR count). The molecule has 0 aliphatic heterocycles. The Hall–Kier alpha value is -2.10. The first kappa shape index (κ1) is 15.3. The number of ether oxygens (including phenoxy) is 1. The summed E-state index contributed by atoms with van der Waals surface area (Å²) in [5.74, 6) is 0.849. The standard InChI is InChI=1S/C17H22N2O2/c1-11-9-14(21-17(4,5)6)7-8-15(11)16-12(2)10-19(20)18-13(16)3/h7-10H,1-6H3. The van der Waals surface area contributed by atoms with Crippen LogP contribution in [0.25, 0.3) is 11.1 Å². The van der Waals surface area contributed by atoms with Gasteiger partial charge in [-0.1, -0.05) is 10.9 Å². The number of aryl methyl sites for hydroxylation is 3. The highest BCUT2D eigenvalue weighted by Crippen LogP contribution is 2.31. The minimum absolute atomic E-state index is 0.220. The summed E-state index contributed by atoms with van der Waals surface area (Å²) >= 11 is 0. The van der Waals surface area contributed by atoms with Gasteiger partial charge in [-0.25, -0.2) is 0 Å². The first-order valence-corrected chi connectivity index (χ1v) is 7.05. The van der Waals surface area contributed by atoms with Crippen molar-refractivity contribution in [3.63, 3.8) is 0 Å². The molecule has 0 amide bonds. The molecule has 0 atom stereocenters. The van der Waals surface area contributed by atoms with Gasteiger partial charge in [-0.3, -0.25) is 0 Å². The van der Waals surface area contributed by atoms with Crippen molar-refractivity contribution < 1.29 is 9.58 Å². The zero-order valence-electron chi connectivity index (χ0n) is 13.5. The van der Waals surface area contributed by atoms with Gasteiger partial charge in [-0.2, -0.15) is 0 Å². The molecule has 2 aromatic rings. The summed E-state index contributed by atoms with van der Waals surface area (Å²) in [6.07, 6.45) is 1.50. The third-order valence-corrected chi connectivity index (χ3v) is 3.20. The number of nitrogens with zero attached hydrogens (tertiary/aromatic N) is 2. The van der Waals surface area contributed by atoms with Crippen LogP contribution in [0.4, 0.5) is 0 Å². The molecule has 4 heteroatoms. The second-order valence-electron chi connectivity index (χ2n) is 6.37. The largest absolute Gasteiger partial charge is 0.594 e. The van der Waals surface area contributed by atoms with E-state index in [0.29, 0.717) is 4.85 Å². The van der Waals surface area contributed by atoms with E-state index in [2.05, 4.69) is 5.10 Å². The van der Waals surface area contributed by atoms with Gasteiger partial charge in [0, 0.05) is 16.2 Å². The smallest absolute Gasteiger partial charge is 0.213 e. The van der Waals surface area contributed by atoms with Crippen LogP contribution in [0, 0.1) is 26.0 Å². The minimum Gasteiger partial charge on any atom is -0.594 e. The average Bonchev–Trinajstić information content (AvgIpc) is 2.28. The number of hydrogen-bond acceptors (Lipinski definition) is 3. The Morgan fingerprint density at radius 1 is 1.10 bits per heavy atom. The van der Waals surface area contributed by atoms with Crippen molar-refractivity contribution in [2.75, 3.05) is 0 Å². The molecule has 0 aliphatic carbocycles. The van der Waals surface area contributed by atoms with Crippen LogP contribution in [0.2, 0.25) is 0 Å². The van der Waals surface area contributed by atoms with E-state index in [1.165, 1.54) is 6.20 Å². The summed E-state index contributed by atoms with van der Waals surface area (Å²) in [4.78, 5) is 0.612. The van der Waals surface area contributed by atoms with Gasteiger partial charge in [0.05, 0.1) is 0 Å². The van der Waals surface area contributed by atoms with E-state index in [1.807, 2.05) is 59.7 Å². The molecular weight excluding hydrogens is 264 g/mol. The van der Waals surface area contributed by atoms with Gasteiger partial charge >= 0.3 is 0 Å². The van der Waals surface area contributed by atoms with Gasteiger partial charge in [0.15, 0.2) is 0 Å². The van der Waals surface area contributed by atoms with Crippen molar-refractivity contribution in [3.05, 3.63) is 46.4 Å².